The zero-order chi connectivity index (χ0) is 16.1. The summed E-state index contributed by atoms with van der Waals surface area (Å²) in [5, 5.41) is 21.5. The first kappa shape index (κ1) is 16.3. The first-order chi connectivity index (χ1) is 10.4. The summed E-state index contributed by atoms with van der Waals surface area (Å²) in [5.41, 5.74) is 3.82. The summed E-state index contributed by atoms with van der Waals surface area (Å²) >= 11 is 0. The van der Waals surface area contributed by atoms with E-state index >= 15 is 0 Å². The SMILES string of the molecule is C=C1CCC[C@H](C)CCC2=C(C)C3C1C[C@@H](O)[C@]3(C)[C@@H](O)C2. The van der Waals surface area contributed by atoms with Gasteiger partial charge in [-0.3, -0.25) is 0 Å². The molecule has 0 spiro atoms. The number of allylic oxidation sites excluding steroid dienone is 2. The van der Waals surface area contributed by atoms with Crippen LogP contribution in [0.2, 0.25) is 0 Å². The van der Waals surface area contributed by atoms with Crippen LogP contribution in [0.1, 0.15) is 65.7 Å². The number of hydrogen-bond acceptors (Lipinski definition) is 2. The van der Waals surface area contributed by atoms with Crippen LogP contribution >= 0.6 is 0 Å². The summed E-state index contributed by atoms with van der Waals surface area (Å²) in [7, 11) is 0. The maximum absolute atomic E-state index is 10.8. The molecule has 0 aromatic heterocycles. The Morgan fingerprint density at radius 2 is 1.86 bits per heavy atom. The summed E-state index contributed by atoms with van der Waals surface area (Å²) in [6.07, 6.45) is 6.60. The van der Waals surface area contributed by atoms with Gasteiger partial charge in [-0.1, -0.05) is 43.6 Å². The first-order valence-electron chi connectivity index (χ1n) is 9.08. The van der Waals surface area contributed by atoms with Crippen molar-refractivity contribution in [1.29, 1.82) is 0 Å². The molecule has 0 radical (unpaired) electrons. The van der Waals surface area contributed by atoms with Gasteiger partial charge in [0.1, 0.15) is 0 Å². The Kier molecular flexibility index (Phi) is 4.28. The topological polar surface area (TPSA) is 40.5 Å². The highest BCUT2D eigenvalue weighted by molar-refractivity contribution is 5.32. The molecule has 124 valence electrons. The molecule has 3 aliphatic rings. The third-order valence-corrected chi connectivity index (χ3v) is 7.11. The summed E-state index contributed by atoms with van der Waals surface area (Å²) < 4.78 is 0. The largest absolute Gasteiger partial charge is 0.392 e. The smallest absolute Gasteiger partial charge is 0.0661 e. The zero-order valence-corrected chi connectivity index (χ0v) is 14.4. The third kappa shape index (κ3) is 2.39. The fourth-order valence-corrected chi connectivity index (χ4v) is 5.43. The molecule has 3 rings (SSSR count). The molecule has 3 aliphatic carbocycles. The van der Waals surface area contributed by atoms with Crippen molar-refractivity contribution in [1.82, 2.24) is 0 Å². The van der Waals surface area contributed by atoms with E-state index < -0.39 is 12.2 Å². The van der Waals surface area contributed by atoms with E-state index in [0.29, 0.717) is 5.92 Å². The van der Waals surface area contributed by atoms with E-state index in [4.69, 9.17) is 0 Å². The van der Waals surface area contributed by atoms with E-state index in [2.05, 4.69) is 27.4 Å². The molecule has 0 aromatic carbocycles. The van der Waals surface area contributed by atoms with Crippen molar-refractivity contribution in [3.8, 4) is 0 Å². The van der Waals surface area contributed by atoms with Crippen molar-refractivity contribution in [2.45, 2.75) is 77.9 Å². The number of hydrogen-bond donors (Lipinski definition) is 2. The summed E-state index contributed by atoms with van der Waals surface area (Å²) in [6, 6.07) is 0. The normalized spacial score (nSPS) is 46.6. The molecule has 22 heavy (non-hydrogen) atoms. The Morgan fingerprint density at radius 1 is 1.14 bits per heavy atom. The number of rotatable bonds is 0. The van der Waals surface area contributed by atoms with E-state index in [0.717, 1.165) is 31.6 Å². The Hall–Kier alpha value is -0.600. The van der Waals surface area contributed by atoms with Gasteiger partial charge < -0.3 is 10.2 Å². The fourth-order valence-electron chi connectivity index (χ4n) is 5.43. The average molecular weight is 304 g/mol. The van der Waals surface area contributed by atoms with Gasteiger partial charge in [0.05, 0.1) is 12.2 Å². The molecule has 2 N–H and O–H groups in total. The Labute approximate surface area is 135 Å². The van der Waals surface area contributed by atoms with Gasteiger partial charge in [-0.2, -0.15) is 0 Å². The standard InChI is InChI=1S/C20H32O2/c1-12-6-5-7-13(2)16-11-18(22)20(4)17(21)10-15(9-8-12)14(3)19(16)20/h12,16-19,21-22H,2,5-11H2,1,3-4H3/t12-,16?,17-,18+,19?,20-/m0/s1. The average Bonchev–Trinajstić information content (AvgIpc) is 2.74. The minimum atomic E-state index is -0.417. The van der Waals surface area contributed by atoms with Crippen LogP contribution in [0.15, 0.2) is 23.3 Å². The molecular formula is C20H32O2. The minimum absolute atomic E-state index is 0.280. The molecule has 0 aromatic rings. The highest BCUT2D eigenvalue weighted by Gasteiger charge is 2.58. The van der Waals surface area contributed by atoms with Crippen LogP contribution < -0.4 is 0 Å². The second-order valence-electron chi connectivity index (χ2n) is 8.40. The molecule has 1 fully saturated rings. The van der Waals surface area contributed by atoms with Crippen molar-refractivity contribution in [2.24, 2.45) is 23.2 Å². The maximum Gasteiger partial charge on any atom is 0.0661 e. The molecule has 1 saturated carbocycles. The molecule has 2 bridgehead atoms. The van der Waals surface area contributed by atoms with Crippen LogP contribution in [-0.2, 0) is 0 Å². The van der Waals surface area contributed by atoms with Gasteiger partial charge in [-0.05, 0) is 63.2 Å². The lowest BCUT2D eigenvalue weighted by Gasteiger charge is -2.46. The van der Waals surface area contributed by atoms with Crippen LogP contribution in [0.3, 0.4) is 0 Å². The molecule has 6 atom stereocenters. The van der Waals surface area contributed by atoms with Crippen LogP contribution in [0, 0.1) is 23.2 Å². The Balaban J connectivity index is 2.04. The van der Waals surface area contributed by atoms with Crippen molar-refractivity contribution < 1.29 is 10.2 Å². The van der Waals surface area contributed by atoms with Crippen LogP contribution in [0.4, 0.5) is 0 Å². The van der Waals surface area contributed by atoms with E-state index in [1.165, 1.54) is 36.0 Å². The zero-order valence-electron chi connectivity index (χ0n) is 14.4. The lowest BCUT2D eigenvalue weighted by molar-refractivity contribution is -0.0643. The second kappa shape index (κ2) is 5.79. The lowest BCUT2D eigenvalue weighted by Crippen LogP contribution is -2.47. The minimum Gasteiger partial charge on any atom is -0.392 e. The predicted octanol–water partition coefficient (Wildman–Crippen LogP) is 4.23. The third-order valence-electron chi connectivity index (χ3n) is 7.11. The van der Waals surface area contributed by atoms with E-state index in [1.807, 2.05) is 0 Å². The molecule has 0 heterocycles. The van der Waals surface area contributed by atoms with Crippen LogP contribution in [0.5, 0.6) is 0 Å². The molecule has 2 unspecified atom stereocenters. The van der Waals surface area contributed by atoms with Gasteiger partial charge in [0.2, 0.25) is 0 Å². The molecule has 2 nitrogen and oxygen atoms in total. The summed E-state index contributed by atoms with van der Waals surface area (Å²) in [4.78, 5) is 0. The van der Waals surface area contributed by atoms with Crippen molar-refractivity contribution in [3.05, 3.63) is 23.3 Å². The molecule has 0 amide bonds. The molecule has 2 heteroatoms. The van der Waals surface area contributed by atoms with E-state index in [-0.39, 0.29) is 11.3 Å². The second-order valence-corrected chi connectivity index (χ2v) is 8.40. The molecule has 0 saturated heterocycles. The Morgan fingerprint density at radius 3 is 2.59 bits per heavy atom. The maximum atomic E-state index is 10.8. The highest BCUT2D eigenvalue weighted by atomic mass is 16.3. The van der Waals surface area contributed by atoms with Gasteiger partial charge >= 0.3 is 0 Å². The highest BCUT2D eigenvalue weighted by Crippen LogP contribution is 2.59. The van der Waals surface area contributed by atoms with E-state index in [9.17, 15) is 10.2 Å². The van der Waals surface area contributed by atoms with Gasteiger partial charge in [0.25, 0.3) is 0 Å². The van der Waals surface area contributed by atoms with Crippen molar-refractivity contribution in [2.75, 3.05) is 0 Å². The first-order valence-corrected chi connectivity index (χ1v) is 9.08. The van der Waals surface area contributed by atoms with Crippen molar-refractivity contribution in [3.63, 3.8) is 0 Å². The number of aliphatic hydroxyl groups excluding tert-OH is 2. The van der Waals surface area contributed by atoms with E-state index in [1.54, 1.807) is 0 Å². The van der Waals surface area contributed by atoms with Crippen molar-refractivity contribution >= 4 is 0 Å². The van der Waals surface area contributed by atoms with Gasteiger partial charge in [-0.25, -0.2) is 0 Å². The Bertz CT molecular complexity index is 492. The molecule has 0 aliphatic heterocycles. The lowest BCUT2D eigenvalue weighted by atomic mass is 9.61. The number of aliphatic hydroxyl groups is 2. The predicted molar refractivity (Wildman–Crippen MR) is 90.4 cm³/mol. The van der Waals surface area contributed by atoms with Gasteiger partial charge in [-0.15, -0.1) is 0 Å². The summed E-state index contributed by atoms with van der Waals surface area (Å²) in [6.45, 7) is 11.1. The molecular weight excluding hydrogens is 272 g/mol. The summed E-state index contributed by atoms with van der Waals surface area (Å²) in [5.74, 6) is 1.38. The van der Waals surface area contributed by atoms with Gasteiger partial charge in [0, 0.05) is 5.41 Å². The fraction of sp³-hybridized carbons (Fsp3) is 0.800. The van der Waals surface area contributed by atoms with Gasteiger partial charge in [0.15, 0.2) is 0 Å². The van der Waals surface area contributed by atoms with Crippen LogP contribution in [0.25, 0.3) is 0 Å². The quantitative estimate of drug-likeness (QED) is 0.658. The van der Waals surface area contributed by atoms with Crippen LogP contribution in [-0.4, -0.2) is 22.4 Å². The monoisotopic (exact) mass is 304 g/mol.